The van der Waals surface area contributed by atoms with Crippen molar-refractivity contribution in [2.24, 2.45) is 18.9 Å². The van der Waals surface area contributed by atoms with Crippen molar-refractivity contribution in [2.45, 2.75) is 25.4 Å². The first-order valence-corrected chi connectivity index (χ1v) is 12.3. The van der Waals surface area contributed by atoms with Gasteiger partial charge in [-0.15, -0.1) is 0 Å². The SMILES string of the molecule is Cn1nc(C2CC3CN(C(=O)OCc4cccc(F)c4)CC3C2)c(C(=O)Nc2ccc(F)c(Cl)c2)c1N. The number of nitrogens with zero attached hydrogens (tertiary/aromatic N) is 3. The molecule has 2 heterocycles. The maximum absolute atomic E-state index is 13.5. The lowest BCUT2D eigenvalue weighted by Gasteiger charge is -2.19. The Hall–Kier alpha value is -3.66. The average molecular weight is 530 g/mol. The fourth-order valence-corrected chi connectivity index (χ4v) is 5.56. The molecule has 2 amide bonds. The van der Waals surface area contributed by atoms with Gasteiger partial charge in [0.15, 0.2) is 0 Å². The summed E-state index contributed by atoms with van der Waals surface area (Å²) >= 11 is 5.84. The molecule has 2 aliphatic rings. The number of rotatable bonds is 5. The lowest BCUT2D eigenvalue weighted by atomic mass is 9.97. The van der Waals surface area contributed by atoms with E-state index in [9.17, 15) is 18.4 Å². The summed E-state index contributed by atoms with van der Waals surface area (Å²) in [5.74, 6) is -0.682. The second-order valence-electron chi connectivity index (χ2n) is 9.63. The van der Waals surface area contributed by atoms with Crippen molar-refractivity contribution in [3.8, 4) is 0 Å². The van der Waals surface area contributed by atoms with Crippen molar-refractivity contribution in [1.29, 1.82) is 0 Å². The first-order valence-electron chi connectivity index (χ1n) is 11.9. The van der Waals surface area contributed by atoms with E-state index >= 15 is 0 Å². The summed E-state index contributed by atoms with van der Waals surface area (Å²) in [6.45, 7) is 1.10. The van der Waals surface area contributed by atoms with Crippen molar-refractivity contribution >= 4 is 35.1 Å². The molecule has 2 aromatic carbocycles. The summed E-state index contributed by atoms with van der Waals surface area (Å²) in [6, 6.07) is 9.90. The van der Waals surface area contributed by atoms with Gasteiger partial charge in [-0.3, -0.25) is 9.48 Å². The van der Waals surface area contributed by atoms with Gasteiger partial charge < -0.3 is 20.7 Å². The van der Waals surface area contributed by atoms with Crippen LogP contribution in [0, 0.1) is 23.5 Å². The fourth-order valence-electron chi connectivity index (χ4n) is 5.38. The molecule has 1 saturated heterocycles. The molecule has 1 saturated carbocycles. The first kappa shape index (κ1) is 25.0. The largest absolute Gasteiger partial charge is 0.445 e. The number of nitrogens with two attached hydrogens (primary N) is 1. The highest BCUT2D eigenvalue weighted by Crippen LogP contribution is 2.47. The number of ether oxygens (including phenoxy) is 1. The maximum Gasteiger partial charge on any atom is 0.410 e. The van der Waals surface area contributed by atoms with Gasteiger partial charge in [0.05, 0.1) is 10.7 Å². The minimum atomic E-state index is -0.578. The zero-order valence-electron chi connectivity index (χ0n) is 20.1. The molecule has 1 aliphatic carbocycles. The van der Waals surface area contributed by atoms with Crippen LogP contribution >= 0.6 is 11.6 Å². The van der Waals surface area contributed by atoms with Crippen LogP contribution in [0.25, 0.3) is 0 Å². The van der Waals surface area contributed by atoms with Crippen LogP contribution < -0.4 is 11.1 Å². The lowest BCUT2D eigenvalue weighted by Crippen LogP contribution is -2.30. The molecular weight excluding hydrogens is 504 g/mol. The second kappa shape index (κ2) is 10.0. The molecule has 5 rings (SSSR count). The van der Waals surface area contributed by atoms with E-state index in [1.165, 1.54) is 35.0 Å². The number of aryl methyl sites for hydroxylation is 1. The Morgan fingerprint density at radius 2 is 1.89 bits per heavy atom. The number of likely N-dealkylation sites (tertiary alicyclic amines) is 1. The Morgan fingerprint density at radius 3 is 2.57 bits per heavy atom. The van der Waals surface area contributed by atoms with Crippen LogP contribution in [-0.4, -0.2) is 39.8 Å². The molecule has 8 nitrogen and oxygen atoms in total. The molecule has 2 unspecified atom stereocenters. The first-order chi connectivity index (χ1) is 17.7. The number of nitrogen functional groups attached to an aromatic ring is 1. The van der Waals surface area contributed by atoms with Crippen LogP contribution in [0.1, 0.15) is 40.4 Å². The molecule has 0 bridgehead atoms. The van der Waals surface area contributed by atoms with E-state index in [2.05, 4.69) is 10.4 Å². The molecule has 1 aliphatic heterocycles. The normalized spacial score (nSPS) is 20.6. The van der Waals surface area contributed by atoms with Gasteiger partial charge in [0.1, 0.15) is 29.6 Å². The summed E-state index contributed by atoms with van der Waals surface area (Å²) in [6.07, 6.45) is 1.07. The zero-order valence-corrected chi connectivity index (χ0v) is 20.8. The van der Waals surface area contributed by atoms with Crippen molar-refractivity contribution in [1.82, 2.24) is 14.7 Å². The second-order valence-corrected chi connectivity index (χ2v) is 10.0. The molecule has 194 valence electrons. The Balaban J connectivity index is 1.23. The maximum atomic E-state index is 13.5. The number of anilines is 2. The van der Waals surface area contributed by atoms with Gasteiger partial charge >= 0.3 is 6.09 Å². The van der Waals surface area contributed by atoms with E-state index in [1.54, 1.807) is 24.1 Å². The third-order valence-electron chi connectivity index (χ3n) is 7.17. The number of amides is 2. The Bertz CT molecular complexity index is 1350. The highest BCUT2D eigenvalue weighted by atomic mass is 35.5. The van der Waals surface area contributed by atoms with Crippen LogP contribution in [0.4, 0.5) is 25.1 Å². The van der Waals surface area contributed by atoms with Gasteiger partial charge in [-0.2, -0.15) is 5.10 Å². The van der Waals surface area contributed by atoms with E-state index in [-0.39, 0.29) is 41.0 Å². The van der Waals surface area contributed by atoms with Crippen molar-refractivity contribution in [3.05, 3.63) is 75.9 Å². The van der Waals surface area contributed by atoms with E-state index < -0.39 is 17.8 Å². The summed E-state index contributed by atoms with van der Waals surface area (Å²) in [5, 5.41) is 7.18. The third-order valence-corrected chi connectivity index (χ3v) is 7.46. The molecule has 1 aromatic heterocycles. The zero-order chi connectivity index (χ0) is 26.3. The van der Waals surface area contributed by atoms with Crippen molar-refractivity contribution < 1.29 is 23.1 Å². The fraction of sp³-hybridized carbons (Fsp3) is 0.346. The lowest BCUT2D eigenvalue weighted by molar-refractivity contribution is 0.101. The standard InChI is InChI=1S/C26H26ClF2N5O3/c1-33-24(30)22(25(35)31-19-5-6-21(29)20(27)10-19)23(32-33)15-8-16-11-34(12-17(16)9-15)26(36)37-13-14-3-2-4-18(28)7-14/h2-7,10,15-17H,8-9,11-13,30H2,1H3,(H,31,35). The number of carbonyl (C=O) groups excluding carboxylic acids is 2. The summed E-state index contributed by atoms with van der Waals surface area (Å²) in [4.78, 5) is 27.4. The number of fused-ring (bicyclic) bond motifs is 1. The minimum absolute atomic E-state index is 0.00141. The summed E-state index contributed by atoms with van der Waals surface area (Å²) < 4.78 is 33.7. The van der Waals surface area contributed by atoms with Crippen LogP contribution in [0.3, 0.4) is 0 Å². The molecule has 2 fully saturated rings. The van der Waals surface area contributed by atoms with E-state index in [1.807, 2.05) is 0 Å². The van der Waals surface area contributed by atoms with Crippen LogP contribution in [0.15, 0.2) is 42.5 Å². The average Bonchev–Trinajstić information content (AvgIpc) is 3.52. The number of halogens is 3. The molecule has 3 aromatic rings. The minimum Gasteiger partial charge on any atom is -0.445 e. The van der Waals surface area contributed by atoms with Crippen molar-refractivity contribution in [2.75, 3.05) is 24.1 Å². The number of benzene rings is 2. The van der Waals surface area contributed by atoms with Gasteiger partial charge in [-0.05, 0) is 60.6 Å². The molecule has 11 heteroatoms. The van der Waals surface area contributed by atoms with E-state index in [0.29, 0.717) is 35.6 Å². The summed E-state index contributed by atoms with van der Waals surface area (Å²) in [5.41, 5.74) is 8.05. The summed E-state index contributed by atoms with van der Waals surface area (Å²) in [7, 11) is 1.68. The Kier molecular flexibility index (Phi) is 6.76. The monoisotopic (exact) mass is 529 g/mol. The number of hydrogen-bond acceptors (Lipinski definition) is 5. The topological polar surface area (TPSA) is 102 Å². The van der Waals surface area contributed by atoms with Gasteiger partial charge in [-0.25, -0.2) is 13.6 Å². The molecular formula is C26H26ClF2N5O3. The van der Waals surface area contributed by atoms with Crippen molar-refractivity contribution in [3.63, 3.8) is 0 Å². The number of hydrogen-bond donors (Lipinski definition) is 2. The third kappa shape index (κ3) is 5.11. The van der Waals surface area contributed by atoms with Gasteiger partial charge in [0, 0.05) is 31.7 Å². The Morgan fingerprint density at radius 1 is 1.16 bits per heavy atom. The Labute approximate surface area is 217 Å². The number of aromatic nitrogens is 2. The van der Waals surface area contributed by atoms with Crippen LogP contribution in [-0.2, 0) is 18.4 Å². The number of nitrogens with one attached hydrogen (secondary N) is 1. The predicted octanol–water partition coefficient (Wildman–Crippen LogP) is 4.95. The predicted molar refractivity (Wildman–Crippen MR) is 134 cm³/mol. The molecule has 2 atom stereocenters. The van der Waals surface area contributed by atoms with Gasteiger partial charge in [0.25, 0.3) is 5.91 Å². The van der Waals surface area contributed by atoms with E-state index in [0.717, 1.165) is 12.8 Å². The molecule has 3 N–H and O–H groups in total. The van der Waals surface area contributed by atoms with Crippen LogP contribution in [0.5, 0.6) is 0 Å². The van der Waals surface area contributed by atoms with Gasteiger partial charge in [-0.1, -0.05) is 23.7 Å². The molecule has 0 spiro atoms. The number of carbonyl (C=O) groups is 2. The van der Waals surface area contributed by atoms with Gasteiger partial charge in [0.2, 0.25) is 0 Å². The van der Waals surface area contributed by atoms with Crippen LogP contribution in [0.2, 0.25) is 5.02 Å². The molecule has 37 heavy (non-hydrogen) atoms. The quantitative estimate of drug-likeness (QED) is 0.487. The smallest absolute Gasteiger partial charge is 0.410 e. The highest BCUT2D eigenvalue weighted by molar-refractivity contribution is 6.31. The molecule has 0 radical (unpaired) electrons. The van der Waals surface area contributed by atoms with E-state index in [4.69, 9.17) is 22.1 Å². The highest BCUT2D eigenvalue weighted by Gasteiger charge is 2.45.